The third-order valence-electron chi connectivity index (χ3n) is 2.91. The number of H-pyrrole nitrogens is 1. The molecule has 0 bridgehead atoms. The minimum atomic E-state index is -0.410. The molecular formula is C14H16N2O4S. The van der Waals surface area contributed by atoms with Gasteiger partial charge in [0.15, 0.2) is 6.61 Å². The molecule has 7 heteroatoms. The molecule has 2 aromatic heterocycles. The Bertz CT molecular complexity index is 599. The van der Waals surface area contributed by atoms with E-state index in [4.69, 9.17) is 9.26 Å². The smallest absolute Gasteiger partial charge is 0.316 e. The van der Waals surface area contributed by atoms with E-state index in [0.29, 0.717) is 11.4 Å². The summed E-state index contributed by atoms with van der Waals surface area (Å²) in [6.45, 7) is 3.45. The van der Waals surface area contributed by atoms with Crippen LogP contribution in [0.5, 0.6) is 0 Å². The van der Waals surface area contributed by atoms with Crippen LogP contribution in [-0.2, 0) is 15.3 Å². The summed E-state index contributed by atoms with van der Waals surface area (Å²) in [5.41, 5.74) is 2.26. The van der Waals surface area contributed by atoms with Gasteiger partial charge in [-0.3, -0.25) is 9.59 Å². The Morgan fingerprint density at radius 2 is 2.24 bits per heavy atom. The van der Waals surface area contributed by atoms with Gasteiger partial charge in [0, 0.05) is 17.5 Å². The molecule has 2 aromatic rings. The number of hydrogen-bond acceptors (Lipinski definition) is 6. The number of aromatic amines is 1. The molecule has 0 aliphatic rings. The zero-order chi connectivity index (χ0) is 15.2. The van der Waals surface area contributed by atoms with Crippen molar-refractivity contribution in [1.82, 2.24) is 10.1 Å². The number of Topliss-reactive ketones (excluding diaryl/α,β-unsaturated/α-hetero) is 1. The molecule has 0 radical (unpaired) electrons. The first-order valence-electron chi connectivity index (χ1n) is 6.39. The maximum absolute atomic E-state index is 11.6. The lowest BCUT2D eigenvalue weighted by Gasteiger charge is -2.03. The molecule has 0 unspecified atom stereocenters. The molecule has 2 heterocycles. The van der Waals surface area contributed by atoms with Gasteiger partial charge in [0.25, 0.3) is 0 Å². The quantitative estimate of drug-likeness (QED) is 0.624. The summed E-state index contributed by atoms with van der Waals surface area (Å²) in [6, 6.07) is 3.36. The molecule has 0 saturated carbocycles. The summed E-state index contributed by atoms with van der Waals surface area (Å²) in [4.78, 5) is 26.0. The largest absolute Gasteiger partial charge is 0.457 e. The van der Waals surface area contributed by atoms with Gasteiger partial charge < -0.3 is 14.2 Å². The zero-order valence-corrected chi connectivity index (χ0v) is 12.7. The van der Waals surface area contributed by atoms with E-state index in [9.17, 15) is 9.59 Å². The van der Waals surface area contributed by atoms with Gasteiger partial charge in [0.05, 0.1) is 17.1 Å². The standard InChI is InChI=1S/C14H16N2O4S/c1-9-11(10(2)20-16-9)7-21-8-14(18)19-6-13(17)12-4-3-5-15-12/h3-5,15H,6-8H2,1-2H3. The van der Waals surface area contributed by atoms with Gasteiger partial charge in [0.2, 0.25) is 5.78 Å². The Hall–Kier alpha value is -2.02. The van der Waals surface area contributed by atoms with E-state index in [1.165, 1.54) is 11.8 Å². The van der Waals surface area contributed by atoms with Crippen molar-refractivity contribution in [1.29, 1.82) is 0 Å². The monoisotopic (exact) mass is 308 g/mol. The molecule has 112 valence electrons. The number of ketones is 1. The Kier molecular flexibility index (Phi) is 5.21. The van der Waals surface area contributed by atoms with Crippen molar-refractivity contribution in [3.8, 4) is 0 Å². The highest BCUT2D eigenvalue weighted by Crippen LogP contribution is 2.19. The SMILES string of the molecule is Cc1noc(C)c1CSCC(=O)OCC(=O)c1ccc[nH]1. The molecule has 0 amide bonds. The second-order valence-electron chi connectivity index (χ2n) is 4.46. The molecule has 0 saturated heterocycles. The van der Waals surface area contributed by atoms with Crippen LogP contribution in [0.15, 0.2) is 22.9 Å². The van der Waals surface area contributed by atoms with Gasteiger partial charge in [-0.25, -0.2) is 0 Å². The number of aromatic nitrogens is 2. The Morgan fingerprint density at radius 1 is 1.43 bits per heavy atom. The van der Waals surface area contributed by atoms with Crippen molar-refractivity contribution >= 4 is 23.5 Å². The molecule has 21 heavy (non-hydrogen) atoms. The van der Waals surface area contributed by atoms with E-state index in [0.717, 1.165) is 17.0 Å². The summed E-state index contributed by atoms with van der Waals surface area (Å²) < 4.78 is 9.98. The summed E-state index contributed by atoms with van der Waals surface area (Å²) in [5, 5.41) is 3.85. The molecule has 0 fully saturated rings. The average molecular weight is 308 g/mol. The molecular weight excluding hydrogens is 292 g/mol. The molecule has 0 aliphatic heterocycles. The minimum Gasteiger partial charge on any atom is -0.457 e. The van der Waals surface area contributed by atoms with Crippen LogP contribution in [0, 0.1) is 13.8 Å². The molecule has 2 rings (SSSR count). The Labute approximate surface area is 126 Å². The molecule has 0 spiro atoms. The second kappa shape index (κ2) is 7.12. The predicted octanol–water partition coefficient (Wildman–Crippen LogP) is 2.28. The average Bonchev–Trinajstić information content (AvgIpc) is 3.09. The molecule has 0 aromatic carbocycles. The van der Waals surface area contributed by atoms with Crippen LogP contribution in [0.2, 0.25) is 0 Å². The molecule has 0 aliphatic carbocycles. The highest BCUT2D eigenvalue weighted by Gasteiger charge is 2.12. The van der Waals surface area contributed by atoms with Crippen molar-refractivity contribution in [2.45, 2.75) is 19.6 Å². The number of hydrogen-bond donors (Lipinski definition) is 1. The van der Waals surface area contributed by atoms with Crippen LogP contribution in [0.4, 0.5) is 0 Å². The topological polar surface area (TPSA) is 85.2 Å². The predicted molar refractivity (Wildman–Crippen MR) is 78.2 cm³/mol. The minimum absolute atomic E-state index is 0.183. The molecule has 0 atom stereocenters. The van der Waals surface area contributed by atoms with Gasteiger partial charge in [-0.2, -0.15) is 0 Å². The third kappa shape index (κ3) is 4.22. The first-order valence-corrected chi connectivity index (χ1v) is 7.55. The Morgan fingerprint density at radius 3 is 2.86 bits per heavy atom. The van der Waals surface area contributed by atoms with Crippen LogP contribution < -0.4 is 0 Å². The molecule has 6 nitrogen and oxygen atoms in total. The number of aryl methyl sites for hydroxylation is 2. The number of ether oxygens (including phenoxy) is 1. The van der Waals surface area contributed by atoms with Crippen LogP contribution in [0.3, 0.4) is 0 Å². The number of rotatable bonds is 7. The fourth-order valence-electron chi connectivity index (χ4n) is 1.71. The first kappa shape index (κ1) is 15.4. The first-order chi connectivity index (χ1) is 10.1. The normalized spacial score (nSPS) is 10.6. The lowest BCUT2D eigenvalue weighted by Crippen LogP contribution is -2.15. The number of thioether (sulfide) groups is 1. The summed E-state index contributed by atoms with van der Waals surface area (Å²) >= 11 is 1.40. The van der Waals surface area contributed by atoms with Gasteiger partial charge in [0.1, 0.15) is 5.76 Å². The lowest BCUT2D eigenvalue weighted by atomic mass is 10.2. The van der Waals surface area contributed by atoms with Gasteiger partial charge in [-0.05, 0) is 26.0 Å². The van der Waals surface area contributed by atoms with Crippen molar-refractivity contribution in [3.63, 3.8) is 0 Å². The van der Waals surface area contributed by atoms with Crippen molar-refractivity contribution in [3.05, 3.63) is 41.0 Å². The lowest BCUT2D eigenvalue weighted by molar-refractivity contribution is -0.139. The highest BCUT2D eigenvalue weighted by atomic mass is 32.2. The molecule has 1 N–H and O–H groups in total. The maximum atomic E-state index is 11.6. The summed E-state index contributed by atoms with van der Waals surface area (Å²) in [6.07, 6.45) is 1.65. The van der Waals surface area contributed by atoms with Crippen molar-refractivity contribution in [2.75, 3.05) is 12.4 Å². The van der Waals surface area contributed by atoms with Gasteiger partial charge in [-0.15, -0.1) is 11.8 Å². The number of esters is 1. The van der Waals surface area contributed by atoms with E-state index in [2.05, 4.69) is 10.1 Å². The third-order valence-corrected chi connectivity index (χ3v) is 3.84. The fraction of sp³-hybridized carbons (Fsp3) is 0.357. The zero-order valence-electron chi connectivity index (χ0n) is 11.8. The van der Waals surface area contributed by atoms with E-state index >= 15 is 0 Å². The van der Waals surface area contributed by atoms with Gasteiger partial charge in [-0.1, -0.05) is 5.16 Å². The summed E-state index contributed by atoms with van der Waals surface area (Å²) in [7, 11) is 0. The van der Waals surface area contributed by atoms with Gasteiger partial charge >= 0.3 is 5.97 Å². The van der Waals surface area contributed by atoms with E-state index in [1.54, 1.807) is 18.3 Å². The Balaban J connectivity index is 1.69. The maximum Gasteiger partial charge on any atom is 0.316 e. The second-order valence-corrected chi connectivity index (χ2v) is 5.45. The van der Waals surface area contributed by atoms with Crippen LogP contribution >= 0.6 is 11.8 Å². The van der Waals surface area contributed by atoms with Crippen molar-refractivity contribution in [2.24, 2.45) is 0 Å². The van der Waals surface area contributed by atoms with Crippen LogP contribution in [-0.4, -0.2) is 34.3 Å². The highest BCUT2D eigenvalue weighted by molar-refractivity contribution is 7.99. The van der Waals surface area contributed by atoms with Crippen LogP contribution in [0.25, 0.3) is 0 Å². The van der Waals surface area contributed by atoms with E-state index in [-0.39, 0.29) is 18.1 Å². The number of nitrogens with one attached hydrogen (secondary N) is 1. The number of nitrogens with zero attached hydrogens (tertiary/aromatic N) is 1. The summed E-state index contributed by atoms with van der Waals surface area (Å²) in [5.74, 6) is 0.911. The van der Waals surface area contributed by atoms with Crippen molar-refractivity contribution < 1.29 is 18.8 Å². The van der Waals surface area contributed by atoms with E-state index in [1.807, 2.05) is 13.8 Å². The fourth-order valence-corrected chi connectivity index (χ4v) is 2.68. The van der Waals surface area contributed by atoms with E-state index < -0.39 is 5.97 Å². The number of carbonyl (C=O) groups excluding carboxylic acids is 2. The number of carbonyl (C=O) groups is 2. The van der Waals surface area contributed by atoms with Crippen LogP contribution in [0.1, 0.15) is 27.5 Å².